The summed E-state index contributed by atoms with van der Waals surface area (Å²) in [7, 11) is 3.10. The number of halogens is 2. The Labute approximate surface area is 195 Å². The monoisotopic (exact) mass is 469 g/mol. The van der Waals surface area contributed by atoms with E-state index in [1.165, 1.54) is 20.1 Å². The van der Waals surface area contributed by atoms with Crippen molar-refractivity contribution in [3.63, 3.8) is 0 Å². The van der Waals surface area contributed by atoms with Gasteiger partial charge in [-0.3, -0.25) is 14.5 Å². The lowest BCUT2D eigenvalue weighted by molar-refractivity contribution is 0.101. The summed E-state index contributed by atoms with van der Waals surface area (Å²) in [5, 5.41) is 7.22. The Morgan fingerprint density at radius 2 is 1.97 bits per heavy atom. The molecule has 0 bridgehead atoms. The molecule has 0 saturated carbocycles. The number of methoxy groups -OCH3 is 1. The SMILES string of the molecule is COC(=O)NC1(c2cnn(C)c2)CCCN(c2cnc(-c3ccc(F)c(F)c3)cc2C(C)=O)C1. The summed E-state index contributed by atoms with van der Waals surface area (Å²) < 4.78 is 33.6. The number of aromatic nitrogens is 3. The van der Waals surface area contributed by atoms with Gasteiger partial charge in [-0.1, -0.05) is 0 Å². The lowest BCUT2D eigenvalue weighted by Gasteiger charge is -2.43. The highest BCUT2D eigenvalue weighted by molar-refractivity contribution is 6.00. The van der Waals surface area contributed by atoms with E-state index >= 15 is 0 Å². The predicted molar refractivity (Wildman–Crippen MR) is 121 cm³/mol. The molecule has 1 N–H and O–H groups in total. The first-order chi connectivity index (χ1) is 16.2. The van der Waals surface area contributed by atoms with Crippen LogP contribution in [0.15, 0.2) is 42.9 Å². The van der Waals surface area contributed by atoms with Gasteiger partial charge in [-0.05, 0) is 44.0 Å². The quantitative estimate of drug-likeness (QED) is 0.572. The van der Waals surface area contributed by atoms with Crippen LogP contribution in [0.5, 0.6) is 0 Å². The molecule has 1 saturated heterocycles. The first kappa shape index (κ1) is 23.3. The first-order valence-corrected chi connectivity index (χ1v) is 10.8. The molecule has 3 heterocycles. The van der Waals surface area contributed by atoms with Crippen molar-refractivity contribution in [3.05, 3.63) is 65.6 Å². The number of aryl methyl sites for hydroxylation is 1. The van der Waals surface area contributed by atoms with Crippen LogP contribution in [-0.2, 0) is 17.3 Å². The van der Waals surface area contributed by atoms with Crippen molar-refractivity contribution in [1.82, 2.24) is 20.1 Å². The van der Waals surface area contributed by atoms with Gasteiger partial charge < -0.3 is 15.0 Å². The largest absolute Gasteiger partial charge is 0.453 e. The Morgan fingerprint density at radius 1 is 1.18 bits per heavy atom. The van der Waals surface area contributed by atoms with Crippen LogP contribution in [0.4, 0.5) is 19.3 Å². The molecule has 1 atom stereocenters. The van der Waals surface area contributed by atoms with Crippen LogP contribution in [0, 0.1) is 11.6 Å². The highest BCUT2D eigenvalue weighted by Gasteiger charge is 2.40. The summed E-state index contributed by atoms with van der Waals surface area (Å²) in [6.07, 6.45) is 5.92. The van der Waals surface area contributed by atoms with Crippen molar-refractivity contribution >= 4 is 17.6 Å². The Hall–Kier alpha value is -3.82. The molecule has 3 aromatic rings. The molecule has 4 rings (SSSR count). The van der Waals surface area contributed by atoms with Crippen LogP contribution in [0.1, 0.15) is 35.7 Å². The van der Waals surface area contributed by atoms with Crippen LogP contribution < -0.4 is 10.2 Å². The fraction of sp³-hybridized carbons (Fsp3) is 0.333. The molecule has 1 fully saturated rings. The fourth-order valence-electron chi connectivity index (χ4n) is 4.38. The third kappa shape index (κ3) is 4.48. The normalized spacial score (nSPS) is 18.0. The fourth-order valence-corrected chi connectivity index (χ4v) is 4.38. The summed E-state index contributed by atoms with van der Waals surface area (Å²) in [6, 6.07) is 5.08. The van der Waals surface area contributed by atoms with Gasteiger partial charge in [0.1, 0.15) is 0 Å². The summed E-state index contributed by atoms with van der Waals surface area (Å²) in [5.41, 5.74) is 1.75. The van der Waals surface area contributed by atoms with E-state index in [9.17, 15) is 18.4 Å². The van der Waals surface area contributed by atoms with Gasteiger partial charge in [-0.15, -0.1) is 0 Å². The Morgan fingerprint density at radius 3 is 2.62 bits per heavy atom. The molecule has 0 radical (unpaired) electrons. The average molecular weight is 469 g/mol. The molecular weight excluding hydrogens is 444 g/mol. The highest BCUT2D eigenvalue weighted by Crippen LogP contribution is 2.36. The number of piperidine rings is 1. The molecule has 10 heteroatoms. The van der Waals surface area contributed by atoms with E-state index in [1.54, 1.807) is 30.2 Å². The van der Waals surface area contributed by atoms with E-state index < -0.39 is 23.3 Å². The van der Waals surface area contributed by atoms with Crippen molar-refractivity contribution in [3.8, 4) is 11.3 Å². The molecule has 1 aromatic carbocycles. The number of alkyl carbamates (subject to hydrolysis) is 1. The van der Waals surface area contributed by atoms with Crippen LogP contribution in [0.25, 0.3) is 11.3 Å². The van der Waals surface area contributed by atoms with E-state index in [0.717, 1.165) is 24.1 Å². The second-order valence-corrected chi connectivity index (χ2v) is 8.40. The zero-order valence-corrected chi connectivity index (χ0v) is 19.1. The number of ether oxygens (including phenoxy) is 1. The maximum atomic E-state index is 13.7. The van der Waals surface area contributed by atoms with Crippen molar-refractivity contribution in [2.45, 2.75) is 25.3 Å². The summed E-state index contributed by atoms with van der Waals surface area (Å²) >= 11 is 0. The molecule has 1 aliphatic heterocycles. The summed E-state index contributed by atoms with van der Waals surface area (Å²) in [6.45, 7) is 2.44. The minimum absolute atomic E-state index is 0.195. The zero-order chi connectivity index (χ0) is 24.5. The standard InChI is InChI=1S/C24H25F2N5O3/c1-15(32)18-10-21(16-5-6-19(25)20(26)9-16)27-12-22(18)31-8-4-7-24(14-31,29-23(33)34-3)17-11-28-30(2)13-17/h5-6,9-13H,4,7-8,14H2,1-3H3,(H,29,33). The second-order valence-electron chi connectivity index (χ2n) is 8.40. The maximum absolute atomic E-state index is 13.7. The van der Waals surface area contributed by atoms with E-state index in [1.807, 2.05) is 11.1 Å². The van der Waals surface area contributed by atoms with Gasteiger partial charge in [0.2, 0.25) is 0 Å². The highest BCUT2D eigenvalue weighted by atomic mass is 19.2. The molecular formula is C24H25F2N5O3. The van der Waals surface area contributed by atoms with E-state index in [2.05, 4.69) is 15.4 Å². The second kappa shape index (κ2) is 9.20. The topological polar surface area (TPSA) is 89.3 Å². The number of carbonyl (C=O) groups is 2. The van der Waals surface area contributed by atoms with Gasteiger partial charge in [0.25, 0.3) is 0 Å². The number of nitrogens with one attached hydrogen (secondary N) is 1. The first-order valence-electron chi connectivity index (χ1n) is 10.8. The maximum Gasteiger partial charge on any atom is 0.407 e. The number of pyridine rings is 1. The predicted octanol–water partition coefficient (Wildman–Crippen LogP) is 3.81. The molecule has 178 valence electrons. The van der Waals surface area contributed by atoms with Gasteiger partial charge in [0.05, 0.1) is 36.4 Å². The van der Waals surface area contributed by atoms with Gasteiger partial charge in [0, 0.05) is 43.0 Å². The molecule has 0 spiro atoms. The number of amides is 1. The van der Waals surface area contributed by atoms with Crippen LogP contribution in [0.3, 0.4) is 0 Å². The molecule has 0 aliphatic carbocycles. The number of hydrogen-bond donors (Lipinski definition) is 1. The molecule has 2 aromatic heterocycles. The van der Waals surface area contributed by atoms with Crippen molar-refractivity contribution in [2.24, 2.45) is 7.05 Å². The number of benzene rings is 1. The minimum Gasteiger partial charge on any atom is -0.453 e. The van der Waals surface area contributed by atoms with Crippen LogP contribution in [-0.4, -0.2) is 46.8 Å². The number of Topliss-reactive ketones (excluding diaryl/α,β-unsaturated/α-hetero) is 1. The third-order valence-corrected chi connectivity index (χ3v) is 6.09. The number of carbonyl (C=O) groups excluding carboxylic acids is 2. The van der Waals surface area contributed by atoms with Crippen LogP contribution >= 0.6 is 0 Å². The van der Waals surface area contributed by atoms with Gasteiger partial charge in [0.15, 0.2) is 17.4 Å². The summed E-state index contributed by atoms with van der Waals surface area (Å²) in [5.74, 6) is -2.14. The Kier molecular flexibility index (Phi) is 6.32. The molecule has 1 amide bonds. The number of anilines is 1. The van der Waals surface area contributed by atoms with Crippen molar-refractivity contribution in [1.29, 1.82) is 0 Å². The van der Waals surface area contributed by atoms with E-state index in [0.29, 0.717) is 42.0 Å². The van der Waals surface area contributed by atoms with E-state index in [4.69, 9.17) is 4.74 Å². The Balaban J connectivity index is 1.73. The van der Waals surface area contributed by atoms with Gasteiger partial charge in [-0.25, -0.2) is 13.6 Å². The molecule has 34 heavy (non-hydrogen) atoms. The molecule has 8 nitrogen and oxygen atoms in total. The lowest BCUT2D eigenvalue weighted by Crippen LogP contribution is -2.56. The van der Waals surface area contributed by atoms with Crippen LogP contribution in [0.2, 0.25) is 0 Å². The van der Waals surface area contributed by atoms with Crippen molar-refractivity contribution in [2.75, 3.05) is 25.1 Å². The molecule has 1 unspecified atom stereocenters. The number of nitrogens with zero attached hydrogens (tertiary/aromatic N) is 4. The number of hydrogen-bond acceptors (Lipinski definition) is 6. The Bertz CT molecular complexity index is 1250. The number of rotatable bonds is 5. The summed E-state index contributed by atoms with van der Waals surface area (Å²) in [4.78, 5) is 31.2. The smallest absolute Gasteiger partial charge is 0.407 e. The zero-order valence-electron chi connectivity index (χ0n) is 19.1. The average Bonchev–Trinajstić information content (AvgIpc) is 3.27. The van der Waals surface area contributed by atoms with Crippen molar-refractivity contribution < 1.29 is 23.1 Å². The third-order valence-electron chi connectivity index (χ3n) is 6.09. The number of ketones is 1. The van der Waals surface area contributed by atoms with E-state index in [-0.39, 0.29) is 5.78 Å². The van der Waals surface area contributed by atoms with Gasteiger partial charge >= 0.3 is 6.09 Å². The minimum atomic E-state index is -0.987. The lowest BCUT2D eigenvalue weighted by atomic mass is 9.83. The molecule has 1 aliphatic rings. The van der Waals surface area contributed by atoms with Gasteiger partial charge in [-0.2, -0.15) is 5.10 Å².